The number of nitrogens with zero attached hydrogens (tertiary/aromatic N) is 4. The molecule has 0 aromatic heterocycles. The first kappa shape index (κ1) is 56.4. The summed E-state index contributed by atoms with van der Waals surface area (Å²) in [5, 5.41) is 0. The van der Waals surface area contributed by atoms with E-state index in [4.69, 9.17) is 45.9 Å². The van der Waals surface area contributed by atoms with Gasteiger partial charge in [-0.15, -0.1) is 0 Å². The van der Waals surface area contributed by atoms with Gasteiger partial charge < -0.3 is 76.6 Å². The van der Waals surface area contributed by atoms with Gasteiger partial charge in [-0.3, -0.25) is 28.5 Å². The van der Waals surface area contributed by atoms with Gasteiger partial charge >= 0.3 is 10.4 Å². The Bertz CT molecular complexity index is 2370. The maximum absolute atomic E-state index is 13.5. The maximum atomic E-state index is 13.5. The highest BCUT2D eigenvalue weighted by molar-refractivity contribution is 7.79. The summed E-state index contributed by atoms with van der Waals surface area (Å²) in [5.41, 5.74) is 7.70. The van der Waals surface area contributed by atoms with Crippen molar-refractivity contribution in [1.29, 1.82) is 0 Å². The molecule has 6 saturated heterocycles. The third-order valence-corrected chi connectivity index (χ3v) is 17.6. The number of amides is 2. The minimum atomic E-state index is -4.67. The standard InChI is InChI=1S/2C23H26N2O4.H2O4S.7H2O/c2*1-27-16-8-14-15(9-17(16)28-2)25-20(26)10-18-21-13-7-19-23(14,22(21)25)4-5-24(19)11-12(13)3-6-29-18;1-5(2,3)4;;;;;;;/h2*3,8-9,13,18-19,21-22H,4-7,10-11H2,1-2H3;(H2,1,2,3,4);7*1H2/t2*13-,18-,19-,21-,22?,23+;;;;;;;;/m00......../s1. The number of ether oxygens (including phenoxy) is 6. The molecule has 24 heteroatoms. The van der Waals surface area contributed by atoms with Gasteiger partial charge in [0.1, 0.15) is 0 Å². The smallest absolute Gasteiger partial charge is 0.394 e. The van der Waals surface area contributed by atoms with Crippen LogP contribution in [0.25, 0.3) is 0 Å². The number of anilines is 2. The van der Waals surface area contributed by atoms with E-state index in [-0.39, 0.29) is 85.3 Å². The predicted octanol–water partition coefficient (Wildman–Crippen LogP) is -2.21. The van der Waals surface area contributed by atoms with Crippen LogP contribution in [0.3, 0.4) is 0 Å². The van der Waals surface area contributed by atoms with Crippen molar-refractivity contribution < 1.29 is 93.9 Å². The third-order valence-electron chi connectivity index (χ3n) is 17.6. The van der Waals surface area contributed by atoms with Crippen LogP contribution in [0.4, 0.5) is 11.4 Å². The van der Waals surface area contributed by atoms with Crippen molar-refractivity contribution in [2.24, 2.45) is 23.7 Å². The average Bonchev–Trinajstić information content (AvgIpc) is 3.94. The highest BCUT2D eigenvalue weighted by Crippen LogP contribution is 2.68. The van der Waals surface area contributed by atoms with Crippen LogP contribution < -0.4 is 28.7 Å². The van der Waals surface area contributed by atoms with Crippen LogP contribution >= 0.6 is 0 Å². The van der Waals surface area contributed by atoms with Gasteiger partial charge in [-0.1, -0.05) is 23.3 Å². The SMILES string of the molecule is COc1cc2c(cc1OC)[C@@]13CCN4CC5=CCO[C@H]6CC(=O)N2C1[C@H]6[C@H]5C[C@H]43.COc1cc2c(cc1OC)[C@@]13CCN4CC5=CCO[C@H]6CC(=O)N2C1[C@H]6[C@H]5C[C@H]43.O.O.O.O.O.O.O.O=S(=O)(O)O. The van der Waals surface area contributed by atoms with Gasteiger partial charge in [-0.2, -0.15) is 8.42 Å². The van der Waals surface area contributed by atoms with E-state index in [1.54, 1.807) is 39.6 Å². The molecule has 2 aromatic rings. The Hall–Kier alpha value is -4.51. The van der Waals surface area contributed by atoms with Crippen molar-refractivity contribution >= 4 is 33.6 Å². The number of piperidine rings is 4. The van der Waals surface area contributed by atoms with E-state index in [1.165, 1.54) is 24.0 Å². The minimum absolute atomic E-state index is 0. The summed E-state index contributed by atoms with van der Waals surface area (Å²) in [4.78, 5) is 36.5. The van der Waals surface area contributed by atoms with Crippen LogP contribution in [-0.2, 0) is 40.3 Å². The number of hydrogen-bond acceptors (Lipinski definition) is 12. The van der Waals surface area contributed by atoms with Crippen LogP contribution in [0.1, 0.15) is 49.7 Å². The van der Waals surface area contributed by atoms with Crippen molar-refractivity contribution in [2.45, 2.75) is 85.7 Å². The van der Waals surface area contributed by atoms with Crippen molar-refractivity contribution in [3.8, 4) is 23.0 Å². The lowest BCUT2D eigenvalue weighted by atomic mass is 9.53. The summed E-state index contributed by atoms with van der Waals surface area (Å²) in [7, 11) is 2.05. The van der Waals surface area contributed by atoms with Gasteiger partial charge in [0.25, 0.3) is 0 Å². The summed E-state index contributed by atoms with van der Waals surface area (Å²) < 4.78 is 66.8. The molecule has 8 fully saturated rings. The summed E-state index contributed by atoms with van der Waals surface area (Å²) in [6.45, 7) is 5.61. The highest BCUT2D eigenvalue weighted by Gasteiger charge is 2.73. The number of methoxy groups -OCH3 is 4. The summed E-state index contributed by atoms with van der Waals surface area (Å²) in [6, 6.07) is 9.74. The summed E-state index contributed by atoms with van der Waals surface area (Å²) in [6.07, 6.45) is 10.2. The molecule has 2 saturated carbocycles. The molecule has 0 radical (unpaired) electrons. The molecule has 2 spiro atoms. The molecule has 10 aliphatic heterocycles. The molecular formula is C46H68N4O19S. The van der Waals surface area contributed by atoms with Crippen LogP contribution in [0.2, 0.25) is 0 Å². The lowest BCUT2D eigenvalue weighted by molar-refractivity contribution is -0.133. The lowest BCUT2D eigenvalue weighted by Crippen LogP contribution is -2.69. The first-order valence-electron chi connectivity index (χ1n) is 22.3. The first-order valence-corrected chi connectivity index (χ1v) is 23.7. The summed E-state index contributed by atoms with van der Waals surface area (Å²) in [5.74, 6) is 5.15. The fourth-order valence-electron chi connectivity index (χ4n) is 15.7. The Morgan fingerprint density at radius 2 is 0.929 bits per heavy atom. The zero-order valence-corrected chi connectivity index (χ0v) is 40.2. The molecule has 14 rings (SSSR count). The van der Waals surface area contributed by atoms with Crippen molar-refractivity contribution in [2.75, 3.05) is 77.6 Å². The van der Waals surface area contributed by atoms with E-state index in [2.05, 4.69) is 43.9 Å². The Labute approximate surface area is 404 Å². The molecular weight excluding hydrogens is 945 g/mol. The van der Waals surface area contributed by atoms with Crippen molar-refractivity contribution in [3.05, 3.63) is 58.7 Å². The minimum Gasteiger partial charge on any atom is -0.493 e. The van der Waals surface area contributed by atoms with E-state index in [0.717, 1.165) is 61.9 Å². The monoisotopic (exact) mass is 1010 g/mol. The summed E-state index contributed by atoms with van der Waals surface area (Å²) >= 11 is 0. The van der Waals surface area contributed by atoms with E-state index in [1.807, 2.05) is 12.1 Å². The molecule has 23 nitrogen and oxygen atoms in total. The van der Waals surface area contributed by atoms with E-state index in [9.17, 15) is 9.59 Å². The Morgan fingerprint density at radius 3 is 1.27 bits per heavy atom. The van der Waals surface area contributed by atoms with Gasteiger partial charge in [0.2, 0.25) is 11.8 Å². The van der Waals surface area contributed by atoms with E-state index in [0.29, 0.717) is 73.3 Å². The zero-order chi connectivity index (χ0) is 43.5. The fourth-order valence-corrected chi connectivity index (χ4v) is 15.7. The quantitative estimate of drug-likeness (QED) is 0.243. The number of hydrogen-bond donors (Lipinski definition) is 2. The van der Waals surface area contributed by atoms with Crippen LogP contribution in [0.15, 0.2) is 47.6 Å². The molecule has 70 heavy (non-hydrogen) atoms. The first-order chi connectivity index (χ1) is 30.3. The number of carbonyl (C=O) groups excluding carboxylic acids is 2. The molecule has 2 amide bonds. The molecule has 10 heterocycles. The second kappa shape index (κ2) is 19.5. The number of rotatable bonds is 4. The van der Waals surface area contributed by atoms with Gasteiger partial charge in [-0.05, 0) is 73.9 Å². The van der Waals surface area contributed by atoms with E-state index < -0.39 is 10.4 Å². The lowest BCUT2D eigenvalue weighted by Gasteiger charge is -2.58. The zero-order valence-electron chi connectivity index (χ0n) is 39.4. The molecule has 12 aliphatic rings. The Balaban J connectivity index is 0.000000218. The van der Waals surface area contributed by atoms with Crippen LogP contribution in [0, 0.1) is 23.7 Å². The largest absolute Gasteiger partial charge is 0.493 e. The normalized spacial score (nSPS) is 34.8. The fraction of sp³-hybridized carbons (Fsp3) is 0.609. The maximum Gasteiger partial charge on any atom is 0.394 e. The predicted molar refractivity (Wildman–Crippen MR) is 252 cm³/mol. The Kier molecular flexibility index (Phi) is 15.7. The molecule has 4 bridgehead atoms. The van der Waals surface area contributed by atoms with Crippen LogP contribution in [-0.4, -0.2) is 182 Å². The molecule has 2 aliphatic carbocycles. The van der Waals surface area contributed by atoms with Crippen molar-refractivity contribution in [1.82, 2.24) is 9.80 Å². The highest BCUT2D eigenvalue weighted by atomic mass is 32.3. The number of fused-ring (bicyclic) bond motifs is 4. The van der Waals surface area contributed by atoms with Crippen LogP contribution in [0.5, 0.6) is 23.0 Å². The van der Waals surface area contributed by atoms with Gasteiger partial charge in [0, 0.05) is 60.0 Å². The topological polar surface area (TPSA) is 398 Å². The van der Waals surface area contributed by atoms with Crippen molar-refractivity contribution in [3.63, 3.8) is 0 Å². The number of benzene rings is 2. The van der Waals surface area contributed by atoms with Gasteiger partial charge in [0.15, 0.2) is 23.0 Å². The Morgan fingerprint density at radius 1 is 0.586 bits per heavy atom. The van der Waals surface area contributed by atoms with E-state index >= 15 is 0 Å². The molecule has 12 atom stereocenters. The third kappa shape index (κ3) is 7.36. The molecule has 2 unspecified atom stereocenters. The second-order valence-electron chi connectivity index (χ2n) is 19.4. The molecule has 392 valence electrons. The molecule has 2 aromatic carbocycles. The van der Waals surface area contributed by atoms with Gasteiger partial charge in [0.05, 0.1) is 90.2 Å². The average molecular weight is 1010 g/mol. The molecule has 16 N–H and O–H groups in total. The number of carbonyl (C=O) groups is 2. The van der Waals surface area contributed by atoms with Gasteiger partial charge in [-0.25, -0.2) is 0 Å². The second-order valence-corrected chi connectivity index (χ2v) is 20.3.